The number of piperazine rings is 1. The van der Waals surface area contributed by atoms with Crippen molar-refractivity contribution in [1.82, 2.24) is 14.9 Å². The number of amides is 1. The number of rotatable bonds is 4. The van der Waals surface area contributed by atoms with E-state index in [-0.39, 0.29) is 18.0 Å². The summed E-state index contributed by atoms with van der Waals surface area (Å²) >= 11 is 0. The van der Waals surface area contributed by atoms with E-state index in [1.165, 1.54) is 6.26 Å². The number of aromatic nitrogens is 2. The number of carbonyl (C=O) groups excluding carboxylic acids is 1. The first-order valence-electron chi connectivity index (χ1n) is 10.9. The number of methoxy groups -OCH3 is 2. The molecule has 2 aliphatic rings. The average molecular weight is 438 g/mol. The molecule has 32 heavy (non-hydrogen) atoms. The molecule has 0 bridgehead atoms. The van der Waals surface area contributed by atoms with Crippen LogP contribution in [0.15, 0.2) is 34.9 Å². The standard InChI is InChI=1S/C23H27N5O4/c1-30-19-12-14-15(13-20(19)31-2)25-23(26-21(14)24)28-10-9-27(16-6-3-4-7-17(16)28)22(29)18-8-5-11-32-18/h5,8,11-13,16-17H,3-4,6-7,9-10H2,1-2H3,(H2,24,25,26)/t16-,17-/m0/s1. The van der Waals surface area contributed by atoms with Crippen molar-refractivity contribution < 1.29 is 18.7 Å². The number of anilines is 2. The average Bonchev–Trinajstić information content (AvgIpc) is 3.37. The molecule has 2 atom stereocenters. The lowest BCUT2D eigenvalue weighted by Crippen LogP contribution is -2.62. The molecule has 1 aromatic carbocycles. The van der Waals surface area contributed by atoms with Crippen LogP contribution >= 0.6 is 0 Å². The van der Waals surface area contributed by atoms with E-state index in [4.69, 9.17) is 24.6 Å². The van der Waals surface area contributed by atoms with Gasteiger partial charge in [-0.2, -0.15) is 4.98 Å². The lowest BCUT2D eigenvalue weighted by molar-refractivity contribution is 0.0508. The van der Waals surface area contributed by atoms with Gasteiger partial charge in [0, 0.05) is 24.5 Å². The maximum Gasteiger partial charge on any atom is 0.289 e. The highest BCUT2D eigenvalue weighted by Crippen LogP contribution is 2.37. The largest absolute Gasteiger partial charge is 0.493 e. The van der Waals surface area contributed by atoms with Crippen LogP contribution in [0, 0.1) is 0 Å². The SMILES string of the molecule is COc1cc2nc(N3CCN(C(=O)c4ccco4)[C@H]4CCCC[C@@H]43)nc(N)c2cc1OC. The van der Waals surface area contributed by atoms with Gasteiger partial charge >= 0.3 is 0 Å². The smallest absolute Gasteiger partial charge is 0.289 e. The Hall–Kier alpha value is -3.49. The summed E-state index contributed by atoms with van der Waals surface area (Å²) in [5.41, 5.74) is 7.04. The van der Waals surface area contributed by atoms with Gasteiger partial charge in [0.15, 0.2) is 17.3 Å². The summed E-state index contributed by atoms with van der Waals surface area (Å²) in [6.07, 6.45) is 5.65. The first kappa shape index (κ1) is 20.4. The van der Waals surface area contributed by atoms with E-state index in [9.17, 15) is 4.79 Å². The molecule has 3 heterocycles. The molecule has 0 unspecified atom stereocenters. The Morgan fingerprint density at radius 1 is 1.09 bits per heavy atom. The van der Waals surface area contributed by atoms with Gasteiger partial charge in [-0.15, -0.1) is 0 Å². The highest BCUT2D eigenvalue weighted by molar-refractivity contribution is 5.93. The number of nitrogens with zero attached hydrogens (tertiary/aromatic N) is 4. The predicted molar refractivity (Wildman–Crippen MR) is 120 cm³/mol. The number of nitrogens with two attached hydrogens (primary N) is 1. The van der Waals surface area contributed by atoms with Crippen LogP contribution in [0.5, 0.6) is 11.5 Å². The molecule has 1 aliphatic heterocycles. The zero-order chi connectivity index (χ0) is 22.2. The third kappa shape index (κ3) is 3.37. The van der Waals surface area contributed by atoms with Gasteiger partial charge in [0.1, 0.15) is 5.82 Å². The van der Waals surface area contributed by atoms with Crippen LogP contribution in [-0.4, -0.2) is 60.2 Å². The Kier molecular flexibility index (Phi) is 5.24. The fourth-order valence-corrected chi connectivity index (χ4v) is 5.00. The van der Waals surface area contributed by atoms with Crippen molar-refractivity contribution in [2.75, 3.05) is 37.9 Å². The fraction of sp³-hybridized carbons (Fsp3) is 0.435. The second kappa shape index (κ2) is 8.22. The van der Waals surface area contributed by atoms with Crippen molar-refractivity contribution >= 4 is 28.6 Å². The number of carbonyl (C=O) groups is 1. The Morgan fingerprint density at radius 3 is 2.56 bits per heavy atom. The van der Waals surface area contributed by atoms with Gasteiger partial charge in [-0.25, -0.2) is 4.98 Å². The highest BCUT2D eigenvalue weighted by Gasteiger charge is 2.42. The molecule has 0 radical (unpaired) electrons. The lowest BCUT2D eigenvalue weighted by atomic mass is 9.86. The summed E-state index contributed by atoms with van der Waals surface area (Å²) < 4.78 is 16.2. The van der Waals surface area contributed by atoms with E-state index in [0.717, 1.165) is 31.1 Å². The van der Waals surface area contributed by atoms with Gasteiger partial charge in [-0.1, -0.05) is 12.8 Å². The van der Waals surface area contributed by atoms with Gasteiger partial charge < -0.3 is 29.4 Å². The zero-order valence-electron chi connectivity index (χ0n) is 18.3. The zero-order valence-corrected chi connectivity index (χ0v) is 18.3. The predicted octanol–water partition coefficient (Wildman–Crippen LogP) is 3.10. The first-order chi connectivity index (χ1) is 15.6. The molecule has 1 saturated carbocycles. The molecule has 2 fully saturated rings. The van der Waals surface area contributed by atoms with Crippen molar-refractivity contribution in [1.29, 1.82) is 0 Å². The molecule has 2 aromatic heterocycles. The van der Waals surface area contributed by atoms with Crippen LogP contribution in [0.3, 0.4) is 0 Å². The molecule has 1 aliphatic carbocycles. The van der Waals surface area contributed by atoms with E-state index in [1.807, 2.05) is 11.0 Å². The summed E-state index contributed by atoms with van der Waals surface area (Å²) in [7, 11) is 3.18. The van der Waals surface area contributed by atoms with Crippen molar-refractivity contribution in [3.63, 3.8) is 0 Å². The van der Waals surface area contributed by atoms with E-state index in [2.05, 4.69) is 9.88 Å². The number of ether oxygens (including phenoxy) is 2. The maximum atomic E-state index is 13.1. The lowest BCUT2D eigenvalue weighted by Gasteiger charge is -2.49. The molecular weight excluding hydrogens is 410 g/mol. The monoisotopic (exact) mass is 437 g/mol. The molecule has 2 N–H and O–H groups in total. The van der Waals surface area contributed by atoms with Gasteiger partial charge in [0.05, 0.1) is 38.1 Å². The Morgan fingerprint density at radius 2 is 1.84 bits per heavy atom. The highest BCUT2D eigenvalue weighted by atomic mass is 16.5. The van der Waals surface area contributed by atoms with Gasteiger partial charge in [-0.05, 0) is 31.0 Å². The van der Waals surface area contributed by atoms with Crippen molar-refractivity contribution in [2.45, 2.75) is 37.8 Å². The minimum atomic E-state index is -0.0534. The van der Waals surface area contributed by atoms with Crippen molar-refractivity contribution in [3.05, 3.63) is 36.3 Å². The summed E-state index contributed by atoms with van der Waals surface area (Å²) in [5, 5.41) is 0.721. The quantitative estimate of drug-likeness (QED) is 0.664. The van der Waals surface area contributed by atoms with E-state index < -0.39 is 0 Å². The third-order valence-corrected chi connectivity index (χ3v) is 6.54. The molecule has 9 nitrogen and oxygen atoms in total. The van der Waals surface area contributed by atoms with E-state index in [1.54, 1.807) is 32.4 Å². The van der Waals surface area contributed by atoms with Gasteiger partial charge in [0.25, 0.3) is 5.91 Å². The summed E-state index contributed by atoms with van der Waals surface area (Å²) in [6, 6.07) is 7.31. The normalized spacial score (nSPS) is 20.8. The van der Waals surface area contributed by atoms with Gasteiger partial charge in [-0.3, -0.25) is 4.79 Å². The summed E-state index contributed by atoms with van der Waals surface area (Å²) in [4.78, 5) is 26.7. The molecule has 9 heteroatoms. The number of hydrogen-bond acceptors (Lipinski definition) is 8. The van der Waals surface area contributed by atoms with Crippen molar-refractivity contribution in [3.8, 4) is 11.5 Å². The Bertz CT molecular complexity index is 1130. The number of fused-ring (bicyclic) bond motifs is 2. The fourth-order valence-electron chi connectivity index (χ4n) is 5.00. The van der Waals surface area contributed by atoms with Crippen LogP contribution in [-0.2, 0) is 0 Å². The molecule has 1 saturated heterocycles. The van der Waals surface area contributed by atoms with Crippen molar-refractivity contribution in [2.24, 2.45) is 0 Å². The molecule has 3 aromatic rings. The molecule has 1 amide bonds. The summed E-state index contributed by atoms with van der Waals surface area (Å²) in [6.45, 7) is 1.21. The van der Waals surface area contributed by atoms with Crippen LogP contribution in [0.1, 0.15) is 36.2 Å². The number of benzene rings is 1. The van der Waals surface area contributed by atoms with Crippen LogP contribution in [0.25, 0.3) is 10.9 Å². The van der Waals surface area contributed by atoms with Gasteiger partial charge in [0.2, 0.25) is 5.95 Å². The first-order valence-corrected chi connectivity index (χ1v) is 10.9. The number of furan rings is 1. The molecule has 0 spiro atoms. The minimum Gasteiger partial charge on any atom is -0.493 e. The second-order valence-corrected chi connectivity index (χ2v) is 8.22. The maximum absolute atomic E-state index is 13.1. The van der Waals surface area contributed by atoms with Crippen LogP contribution in [0.2, 0.25) is 0 Å². The van der Waals surface area contributed by atoms with Crippen LogP contribution < -0.4 is 20.1 Å². The molecular formula is C23H27N5O4. The van der Waals surface area contributed by atoms with E-state index in [0.29, 0.717) is 47.6 Å². The Balaban J connectivity index is 1.50. The molecule has 168 valence electrons. The summed E-state index contributed by atoms with van der Waals surface area (Å²) in [5.74, 6) is 2.49. The second-order valence-electron chi connectivity index (χ2n) is 8.22. The number of nitrogen functional groups attached to an aromatic ring is 1. The van der Waals surface area contributed by atoms with E-state index >= 15 is 0 Å². The molecule has 5 rings (SSSR count). The minimum absolute atomic E-state index is 0.0534. The number of hydrogen-bond donors (Lipinski definition) is 1. The topological polar surface area (TPSA) is 107 Å². The van der Waals surface area contributed by atoms with Crippen LogP contribution in [0.4, 0.5) is 11.8 Å². The Labute approximate surface area is 186 Å². The third-order valence-electron chi connectivity index (χ3n) is 6.54.